The van der Waals surface area contributed by atoms with Gasteiger partial charge in [-0.1, -0.05) is 6.08 Å². The van der Waals surface area contributed by atoms with E-state index >= 15 is 0 Å². The molecule has 1 saturated heterocycles. The van der Waals surface area contributed by atoms with Gasteiger partial charge in [-0.25, -0.2) is 4.79 Å². The summed E-state index contributed by atoms with van der Waals surface area (Å²) in [5.41, 5.74) is 0. The fraction of sp³-hybridized carbons (Fsp3) is 0.615. The number of urea groups is 1. The first-order chi connectivity index (χ1) is 9.38. The number of hydrogen-bond donors (Lipinski definition) is 2. The smallest absolute Gasteiger partial charge is 0.321 e. The van der Waals surface area contributed by atoms with Crippen LogP contribution in [-0.4, -0.2) is 64.5 Å². The van der Waals surface area contributed by atoms with Gasteiger partial charge in [-0.2, -0.15) is 0 Å². The predicted octanol–water partition coefficient (Wildman–Crippen LogP) is 0.278. The summed E-state index contributed by atoms with van der Waals surface area (Å²) in [5, 5.41) is 11.5. The summed E-state index contributed by atoms with van der Waals surface area (Å²) in [4.78, 5) is 38.0. The molecule has 0 spiro atoms. The monoisotopic (exact) mass is 283 g/mol. The highest BCUT2D eigenvalue weighted by molar-refractivity contribution is 5.91. The molecule has 0 aromatic rings. The molecule has 1 aliphatic rings. The Labute approximate surface area is 118 Å². The molecule has 0 aliphatic carbocycles. The largest absolute Gasteiger partial charge is 0.481 e. The fourth-order valence-electron chi connectivity index (χ4n) is 2.13. The number of nitrogens with zero attached hydrogens (tertiary/aromatic N) is 2. The van der Waals surface area contributed by atoms with E-state index in [9.17, 15) is 14.4 Å². The molecule has 3 amide bonds. The van der Waals surface area contributed by atoms with E-state index in [1.165, 1.54) is 4.90 Å². The first-order valence-corrected chi connectivity index (χ1v) is 6.56. The minimum atomic E-state index is -1.11. The van der Waals surface area contributed by atoms with Gasteiger partial charge in [0.15, 0.2) is 0 Å². The number of hydrogen-bond acceptors (Lipinski definition) is 3. The molecule has 1 unspecified atom stereocenters. The van der Waals surface area contributed by atoms with Crippen molar-refractivity contribution in [3.8, 4) is 0 Å². The van der Waals surface area contributed by atoms with Crippen LogP contribution in [0.2, 0.25) is 0 Å². The van der Waals surface area contributed by atoms with Crippen LogP contribution in [0, 0.1) is 0 Å². The van der Waals surface area contributed by atoms with Gasteiger partial charge in [0.2, 0.25) is 5.91 Å². The van der Waals surface area contributed by atoms with Gasteiger partial charge in [-0.05, 0) is 13.8 Å². The number of rotatable bonds is 5. The van der Waals surface area contributed by atoms with Gasteiger partial charge in [0.05, 0.1) is 6.42 Å². The average Bonchev–Trinajstić information content (AvgIpc) is 2.36. The second kappa shape index (κ2) is 6.93. The zero-order valence-corrected chi connectivity index (χ0v) is 11.8. The van der Waals surface area contributed by atoms with Crippen molar-refractivity contribution in [2.45, 2.75) is 32.4 Å². The first-order valence-electron chi connectivity index (χ1n) is 6.56. The Morgan fingerprint density at radius 3 is 2.75 bits per heavy atom. The number of carbonyl (C=O) groups excluding carboxylic acids is 2. The van der Waals surface area contributed by atoms with Crippen molar-refractivity contribution in [1.29, 1.82) is 0 Å². The van der Waals surface area contributed by atoms with Crippen LogP contribution in [0.1, 0.15) is 20.3 Å². The topological polar surface area (TPSA) is 90.0 Å². The van der Waals surface area contributed by atoms with Crippen molar-refractivity contribution < 1.29 is 19.5 Å². The van der Waals surface area contributed by atoms with Gasteiger partial charge in [0.1, 0.15) is 6.04 Å². The van der Waals surface area contributed by atoms with Gasteiger partial charge < -0.3 is 20.2 Å². The summed E-state index contributed by atoms with van der Waals surface area (Å²) in [6, 6.07) is -1.35. The Morgan fingerprint density at radius 1 is 1.60 bits per heavy atom. The molecule has 0 saturated carbocycles. The maximum Gasteiger partial charge on any atom is 0.321 e. The zero-order valence-electron chi connectivity index (χ0n) is 11.8. The molecular weight excluding hydrogens is 262 g/mol. The second-order valence-electron chi connectivity index (χ2n) is 4.92. The molecule has 1 aliphatic heterocycles. The normalized spacial score (nSPS) is 18.6. The molecule has 1 rings (SSSR count). The highest BCUT2D eigenvalue weighted by Gasteiger charge is 2.36. The lowest BCUT2D eigenvalue weighted by Gasteiger charge is -2.38. The third-order valence-corrected chi connectivity index (χ3v) is 3.14. The predicted molar refractivity (Wildman–Crippen MR) is 73.2 cm³/mol. The second-order valence-corrected chi connectivity index (χ2v) is 4.92. The van der Waals surface area contributed by atoms with Crippen LogP contribution in [0.3, 0.4) is 0 Å². The van der Waals surface area contributed by atoms with Crippen LogP contribution >= 0.6 is 0 Å². The van der Waals surface area contributed by atoms with Crippen molar-refractivity contribution in [3.63, 3.8) is 0 Å². The number of carboxylic acid groups (broad SMARTS) is 1. The molecule has 0 bridgehead atoms. The molecule has 0 radical (unpaired) electrons. The van der Waals surface area contributed by atoms with Crippen molar-refractivity contribution >= 4 is 17.9 Å². The van der Waals surface area contributed by atoms with Crippen molar-refractivity contribution in [3.05, 3.63) is 12.7 Å². The standard InChI is InChI=1S/C13H21N3O4/c1-4-6-15(9(2)3)13(20)16-7-5-14-12(19)10(16)8-11(17)18/h4,9-10H,1,5-8H2,2-3H3,(H,14,19)(H,17,18). The van der Waals surface area contributed by atoms with Gasteiger partial charge in [-0.15, -0.1) is 6.58 Å². The lowest BCUT2D eigenvalue weighted by Crippen LogP contribution is -2.61. The van der Waals surface area contributed by atoms with E-state index in [2.05, 4.69) is 11.9 Å². The van der Waals surface area contributed by atoms with E-state index in [1.54, 1.807) is 11.0 Å². The number of carboxylic acids is 1. The number of aliphatic carboxylic acids is 1. The molecule has 1 fully saturated rings. The van der Waals surface area contributed by atoms with E-state index < -0.39 is 24.3 Å². The maximum atomic E-state index is 12.5. The average molecular weight is 283 g/mol. The van der Waals surface area contributed by atoms with Gasteiger partial charge in [0.25, 0.3) is 0 Å². The Kier molecular flexibility index (Phi) is 5.54. The van der Waals surface area contributed by atoms with Gasteiger partial charge in [-0.3, -0.25) is 9.59 Å². The third kappa shape index (κ3) is 3.72. The van der Waals surface area contributed by atoms with Crippen LogP contribution in [-0.2, 0) is 9.59 Å². The van der Waals surface area contributed by atoms with E-state index in [0.29, 0.717) is 19.6 Å². The fourth-order valence-corrected chi connectivity index (χ4v) is 2.13. The lowest BCUT2D eigenvalue weighted by molar-refractivity contribution is -0.142. The molecule has 112 valence electrons. The van der Waals surface area contributed by atoms with Crippen molar-refractivity contribution in [2.24, 2.45) is 0 Å². The minimum absolute atomic E-state index is 0.0593. The highest BCUT2D eigenvalue weighted by atomic mass is 16.4. The summed E-state index contributed by atoms with van der Waals surface area (Å²) in [6.07, 6.45) is 1.21. The molecule has 7 nitrogen and oxygen atoms in total. The van der Waals surface area contributed by atoms with Crippen LogP contribution in [0.25, 0.3) is 0 Å². The SMILES string of the molecule is C=CCN(C(=O)N1CCNC(=O)C1CC(=O)O)C(C)C. The van der Waals surface area contributed by atoms with E-state index in [4.69, 9.17) is 5.11 Å². The van der Waals surface area contributed by atoms with E-state index in [0.717, 1.165) is 0 Å². The van der Waals surface area contributed by atoms with Gasteiger partial charge in [0, 0.05) is 25.7 Å². The number of carbonyl (C=O) groups is 3. The Hall–Kier alpha value is -2.05. The lowest BCUT2D eigenvalue weighted by atomic mass is 10.1. The molecule has 7 heteroatoms. The molecular formula is C13H21N3O4. The maximum absolute atomic E-state index is 12.5. The minimum Gasteiger partial charge on any atom is -0.481 e. The summed E-state index contributed by atoms with van der Waals surface area (Å²) < 4.78 is 0. The molecule has 20 heavy (non-hydrogen) atoms. The molecule has 2 N–H and O–H groups in total. The van der Waals surface area contributed by atoms with Crippen LogP contribution in [0.4, 0.5) is 4.79 Å². The Balaban J connectivity index is 2.93. The third-order valence-electron chi connectivity index (χ3n) is 3.14. The van der Waals surface area contributed by atoms with E-state index in [-0.39, 0.29) is 12.1 Å². The van der Waals surface area contributed by atoms with Crippen LogP contribution < -0.4 is 5.32 Å². The summed E-state index contributed by atoms with van der Waals surface area (Å²) >= 11 is 0. The van der Waals surface area contributed by atoms with E-state index in [1.807, 2.05) is 13.8 Å². The molecule has 1 heterocycles. The number of nitrogens with one attached hydrogen (secondary N) is 1. The summed E-state index contributed by atoms with van der Waals surface area (Å²) in [7, 11) is 0. The van der Waals surface area contributed by atoms with Crippen molar-refractivity contribution in [1.82, 2.24) is 15.1 Å². The number of amides is 3. The zero-order chi connectivity index (χ0) is 15.3. The quantitative estimate of drug-likeness (QED) is 0.709. The Bertz CT molecular complexity index is 408. The molecule has 1 atom stereocenters. The van der Waals surface area contributed by atoms with Gasteiger partial charge >= 0.3 is 12.0 Å². The summed E-state index contributed by atoms with van der Waals surface area (Å²) in [5.74, 6) is -1.53. The number of piperazine rings is 1. The van der Waals surface area contributed by atoms with Crippen molar-refractivity contribution in [2.75, 3.05) is 19.6 Å². The van der Waals surface area contributed by atoms with Crippen LogP contribution in [0.15, 0.2) is 12.7 Å². The first kappa shape index (κ1) is 16.0. The molecule has 0 aromatic heterocycles. The highest BCUT2D eigenvalue weighted by Crippen LogP contribution is 2.14. The Morgan fingerprint density at radius 2 is 2.25 bits per heavy atom. The molecule has 0 aromatic carbocycles. The van der Waals surface area contributed by atoms with Crippen LogP contribution in [0.5, 0.6) is 0 Å². The summed E-state index contributed by atoms with van der Waals surface area (Å²) in [6.45, 7) is 8.32.